The first-order chi connectivity index (χ1) is 12.0. The largest absolute Gasteiger partial charge is 0.488 e. The molecular formula is C19H15BrClNO3. The van der Waals surface area contributed by atoms with Crippen molar-refractivity contribution in [2.75, 3.05) is 6.61 Å². The van der Waals surface area contributed by atoms with Crippen molar-refractivity contribution in [3.05, 3.63) is 68.7 Å². The van der Waals surface area contributed by atoms with Gasteiger partial charge in [-0.05, 0) is 48.9 Å². The van der Waals surface area contributed by atoms with Crippen LogP contribution in [0, 0.1) is 11.3 Å². The summed E-state index contributed by atoms with van der Waals surface area (Å²) in [6, 6.07) is 14.5. The molecule has 0 N–H and O–H groups in total. The van der Waals surface area contributed by atoms with Gasteiger partial charge in [-0.3, -0.25) is 0 Å². The lowest BCUT2D eigenvalue weighted by atomic mass is 10.1. The zero-order chi connectivity index (χ0) is 18.2. The van der Waals surface area contributed by atoms with Crippen molar-refractivity contribution in [2.24, 2.45) is 0 Å². The number of hydrogen-bond acceptors (Lipinski definition) is 4. The predicted octanol–water partition coefficient (Wildman–Crippen LogP) is 5.15. The summed E-state index contributed by atoms with van der Waals surface area (Å²) >= 11 is 9.25. The van der Waals surface area contributed by atoms with E-state index in [0.29, 0.717) is 22.9 Å². The minimum Gasteiger partial charge on any atom is -0.488 e. The summed E-state index contributed by atoms with van der Waals surface area (Å²) < 4.78 is 11.5. The van der Waals surface area contributed by atoms with Gasteiger partial charge in [0.25, 0.3) is 0 Å². The Balaban J connectivity index is 2.26. The molecule has 4 nitrogen and oxygen atoms in total. The number of nitrogens with zero attached hydrogens (tertiary/aromatic N) is 1. The van der Waals surface area contributed by atoms with E-state index in [1.54, 1.807) is 31.2 Å². The van der Waals surface area contributed by atoms with Crippen LogP contribution in [-0.2, 0) is 16.1 Å². The molecule has 0 saturated heterocycles. The van der Waals surface area contributed by atoms with E-state index >= 15 is 0 Å². The zero-order valence-electron chi connectivity index (χ0n) is 13.5. The van der Waals surface area contributed by atoms with Crippen molar-refractivity contribution in [3.8, 4) is 11.8 Å². The molecule has 0 spiro atoms. The van der Waals surface area contributed by atoms with Crippen molar-refractivity contribution in [1.29, 1.82) is 5.26 Å². The fourth-order valence-corrected chi connectivity index (χ4v) is 2.51. The fourth-order valence-electron chi connectivity index (χ4n) is 2.01. The molecule has 0 aliphatic rings. The van der Waals surface area contributed by atoms with Crippen molar-refractivity contribution in [3.63, 3.8) is 0 Å². The molecule has 128 valence electrons. The Kier molecular flexibility index (Phi) is 7.05. The van der Waals surface area contributed by atoms with Gasteiger partial charge in [-0.2, -0.15) is 5.26 Å². The molecular weight excluding hydrogens is 406 g/mol. The van der Waals surface area contributed by atoms with E-state index < -0.39 is 5.97 Å². The van der Waals surface area contributed by atoms with Crippen LogP contribution in [0.1, 0.15) is 18.1 Å². The second-order valence-corrected chi connectivity index (χ2v) is 6.34. The Morgan fingerprint density at radius 3 is 2.64 bits per heavy atom. The molecule has 0 bridgehead atoms. The molecule has 0 heterocycles. The van der Waals surface area contributed by atoms with Gasteiger partial charge >= 0.3 is 5.97 Å². The maximum absolute atomic E-state index is 11.8. The molecule has 0 saturated carbocycles. The second kappa shape index (κ2) is 9.26. The summed E-state index contributed by atoms with van der Waals surface area (Å²) in [5.41, 5.74) is 1.47. The van der Waals surface area contributed by atoms with Crippen LogP contribution in [0.15, 0.2) is 52.5 Å². The molecule has 6 heteroatoms. The molecule has 2 aromatic carbocycles. The number of hydrogen-bond donors (Lipinski definition) is 0. The van der Waals surface area contributed by atoms with Gasteiger partial charge in [0.05, 0.1) is 6.61 Å². The van der Waals surface area contributed by atoms with Crippen LogP contribution in [-0.4, -0.2) is 12.6 Å². The van der Waals surface area contributed by atoms with Gasteiger partial charge in [-0.15, -0.1) is 0 Å². The molecule has 0 aromatic heterocycles. The number of esters is 1. The molecule has 2 rings (SSSR count). The Morgan fingerprint density at radius 2 is 2.00 bits per heavy atom. The monoisotopic (exact) mass is 419 g/mol. The Bertz CT molecular complexity index is 826. The van der Waals surface area contributed by atoms with Crippen LogP contribution in [0.3, 0.4) is 0 Å². The van der Waals surface area contributed by atoms with E-state index in [9.17, 15) is 10.1 Å². The van der Waals surface area contributed by atoms with E-state index in [1.807, 2.05) is 24.3 Å². The zero-order valence-corrected chi connectivity index (χ0v) is 15.8. The minimum atomic E-state index is -0.659. The van der Waals surface area contributed by atoms with Crippen molar-refractivity contribution < 1.29 is 14.3 Å². The van der Waals surface area contributed by atoms with E-state index in [2.05, 4.69) is 15.9 Å². The maximum Gasteiger partial charge on any atom is 0.348 e. The van der Waals surface area contributed by atoms with E-state index in [0.717, 1.165) is 10.0 Å². The number of rotatable bonds is 6. The van der Waals surface area contributed by atoms with Crippen molar-refractivity contribution in [2.45, 2.75) is 13.5 Å². The van der Waals surface area contributed by atoms with Crippen molar-refractivity contribution >= 4 is 39.6 Å². The highest BCUT2D eigenvalue weighted by molar-refractivity contribution is 9.10. The summed E-state index contributed by atoms with van der Waals surface area (Å²) in [6.45, 7) is 2.23. The summed E-state index contributed by atoms with van der Waals surface area (Å²) in [5, 5.41) is 9.85. The van der Waals surface area contributed by atoms with Crippen LogP contribution in [0.2, 0.25) is 5.02 Å². The lowest BCUT2D eigenvalue weighted by Gasteiger charge is -2.10. The molecule has 0 radical (unpaired) electrons. The highest BCUT2D eigenvalue weighted by atomic mass is 79.9. The van der Waals surface area contributed by atoms with Gasteiger partial charge in [0.2, 0.25) is 0 Å². The molecule has 0 unspecified atom stereocenters. The van der Waals surface area contributed by atoms with Gasteiger partial charge in [0.15, 0.2) is 0 Å². The van der Waals surface area contributed by atoms with Gasteiger partial charge < -0.3 is 9.47 Å². The summed E-state index contributed by atoms with van der Waals surface area (Å²) in [6.07, 6.45) is 1.46. The summed E-state index contributed by atoms with van der Waals surface area (Å²) in [5.74, 6) is -0.108. The number of ether oxygens (including phenoxy) is 2. The van der Waals surface area contributed by atoms with Gasteiger partial charge in [0.1, 0.15) is 24.0 Å². The highest BCUT2D eigenvalue weighted by Crippen LogP contribution is 2.27. The predicted molar refractivity (Wildman–Crippen MR) is 100 cm³/mol. The normalized spacial score (nSPS) is 10.9. The first kappa shape index (κ1) is 19.0. The Morgan fingerprint density at radius 1 is 1.28 bits per heavy atom. The standard InChI is InChI=1S/C19H15BrClNO3/c1-2-24-19(23)15(11-22)9-14-10-16(20)5-8-18(14)25-12-13-3-6-17(21)7-4-13/h3-10H,2,12H2,1H3. The second-order valence-electron chi connectivity index (χ2n) is 4.99. The first-order valence-corrected chi connectivity index (χ1v) is 8.66. The third kappa shape index (κ3) is 5.63. The molecule has 0 amide bonds. The SMILES string of the molecule is CCOC(=O)C(C#N)=Cc1cc(Br)ccc1OCc1ccc(Cl)cc1. The molecule has 25 heavy (non-hydrogen) atoms. The van der Waals surface area contributed by atoms with Crippen LogP contribution in [0.25, 0.3) is 6.08 Å². The average molecular weight is 421 g/mol. The molecule has 2 aromatic rings. The first-order valence-electron chi connectivity index (χ1n) is 7.49. The average Bonchev–Trinajstić information content (AvgIpc) is 2.60. The number of carbonyl (C=O) groups excluding carboxylic acids is 1. The number of carbonyl (C=O) groups is 1. The topological polar surface area (TPSA) is 59.3 Å². The van der Waals surface area contributed by atoms with E-state index in [-0.39, 0.29) is 12.2 Å². The smallest absolute Gasteiger partial charge is 0.348 e. The third-order valence-electron chi connectivity index (χ3n) is 3.20. The third-order valence-corrected chi connectivity index (χ3v) is 3.94. The quantitative estimate of drug-likeness (QED) is 0.368. The number of benzene rings is 2. The number of nitriles is 1. The molecule has 0 aliphatic heterocycles. The van der Waals surface area contributed by atoms with Crippen molar-refractivity contribution in [1.82, 2.24) is 0 Å². The Hall–Kier alpha value is -2.29. The van der Waals surface area contributed by atoms with Gasteiger partial charge in [0, 0.05) is 15.1 Å². The molecule has 0 aliphatic carbocycles. The van der Waals surface area contributed by atoms with Gasteiger partial charge in [-0.1, -0.05) is 39.7 Å². The number of halogens is 2. The van der Waals surface area contributed by atoms with E-state index in [1.165, 1.54) is 6.08 Å². The lowest BCUT2D eigenvalue weighted by molar-refractivity contribution is -0.137. The minimum absolute atomic E-state index is 0.0868. The van der Waals surface area contributed by atoms with Gasteiger partial charge in [-0.25, -0.2) is 4.79 Å². The molecule has 0 atom stereocenters. The Labute approximate surface area is 159 Å². The highest BCUT2D eigenvalue weighted by Gasteiger charge is 2.12. The van der Waals surface area contributed by atoms with E-state index in [4.69, 9.17) is 21.1 Å². The summed E-state index contributed by atoms with van der Waals surface area (Å²) in [4.78, 5) is 11.8. The van der Waals surface area contributed by atoms with Crippen LogP contribution >= 0.6 is 27.5 Å². The molecule has 0 fully saturated rings. The maximum atomic E-state index is 11.8. The lowest BCUT2D eigenvalue weighted by Crippen LogP contribution is -2.06. The fraction of sp³-hybridized carbons (Fsp3) is 0.158. The van der Waals surface area contributed by atoms with Crippen LogP contribution in [0.5, 0.6) is 5.75 Å². The van der Waals surface area contributed by atoms with Crippen LogP contribution < -0.4 is 4.74 Å². The van der Waals surface area contributed by atoms with Crippen LogP contribution in [0.4, 0.5) is 0 Å². The summed E-state index contributed by atoms with van der Waals surface area (Å²) in [7, 11) is 0.